The van der Waals surface area contributed by atoms with Gasteiger partial charge in [0.15, 0.2) is 0 Å². The monoisotopic (exact) mass is 287 g/mol. The first-order chi connectivity index (χ1) is 9.91. The third kappa shape index (κ3) is 2.81. The highest BCUT2D eigenvalue weighted by atomic mass is 16.6. The van der Waals surface area contributed by atoms with Crippen molar-refractivity contribution in [3.63, 3.8) is 0 Å². The van der Waals surface area contributed by atoms with Crippen LogP contribution in [0.2, 0.25) is 0 Å². The minimum Gasteiger partial charge on any atom is -0.350 e. The van der Waals surface area contributed by atoms with Crippen LogP contribution in [-0.4, -0.2) is 9.85 Å². The molecule has 0 saturated carbocycles. The Balaban J connectivity index is 2.61. The number of para-hydroxylation sites is 1. The number of hydrogen-bond acceptors (Lipinski definition) is 5. The van der Waals surface area contributed by atoms with Gasteiger partial charge in [0.2, 0.25) is 0 Å². The van der Waals surface area contributed by atoms with Crippen LogP contribution in [0, 0.1) is 34.1 Å². The molecule has 2 aromatic rings. The van der Waals surface area contributed by atoms with Gasteiger partial charge in [0.05, 0.1) is 15.9 Å². The highest BCUT2D eigenvalue weighted by Crippen LogP contribution is 2.37. The summed E-state index contributed by atoms with van der Waals surface area (Å²) in [6, 6.07) is 9.93. The minimum atomic E-state index is -0.620. The Labute approximate surface area is 120 Å². The lowest BCUT2D eigenvalue weighted by Gasteiger charge is -2.12. The first-order valence-electron chi connectivity index (χ1n) is 6.17. The molecular weight excluding hydrogens is 274 g/mol. The van der Waals surface area contributed by atoms with Crippen LogP contribution in [0.5, 0.6) is 0 Å². The van der Waals surface area contributed by atoms with E-state index >= 15 is 0 Å². The van der Waals surface area contributed by atoms with E-state index in [1.165, 1.54) is 0 Å². The van der Waals surface area contributed by atoms with E-state index in [0.29, 0.717) is 16.8 Å². The Morgan fingerprint density at radius 2 is 1.48 bits per heavy atom. The van der Waals surface area contributed by atoms with Gasteiger partial charge >= 0.3 is 0 Å². The van der Waals surface area contributed by atoms with Gasteiger partial charge in [-0.15, -0.1) is 0 Å². The highest BCUT2D eigenvalue weighted by molar-refractivity contribution is 5.77. The number of nitrogens with one attached hydrogen (secondary N) is 1. The van der Waals surface area contributed by atoms with E-state index in [4.69, 9.17) is 0 Å². The van der Waals surface area contributed by atoms with Crippen LogP contribution >= 0.6 is 0 Å². The number of benzene rings is 2. The Hall–Kier alpha value is -2.96. The van der Waals surface area contributed by atoms with Gasteiger partial charge in [0, 0.05) is 11.3 Å². The molecule has 2 rings (SSSR count). The van der Waals surface area contributed by atoms with Crippen molar-refractivity contribution in [2.75, 3.05) is 5.32 Å². The first kappa shape index (κ1) is 14.4. The second kappa shape index (κ2) is 5.58. The van der Waals surface area contributed by atoms with Crippen LogP contribution in [-0.2, 0) is 0 Å². The summed E-state index contributed by atoms with van der Waals surface area (Å²) in [6.07, 6.45) is 0. The summed E-state index contributed by atoms with van der Waals surface area (Å²) < 4.78 is 0. The van der Waals surface area contributed by atoms with Crippen LogP contribution in [0.3, 0.4) is 0 Å². The molecule has 0 heterocycles. The summed E-state index contributed by atoms with van der Waals surface area (Å²) in [5.74, 6) is 0. The summed E-state index contributed by atoms with van der Waals surface area (Å²) in [5.41, 5.74) is 1.28. The van der Waals surface area contributed by atoms with Crippen molar-refractivity contribution in [2.45, 2.75) is 13.8 Å². The molecule has 0 bridgehead atoms. The Kier molecular flexibility index (Phi) is 3.84. The maximum Gasteiger partial charge on any atom is 0.299 e. The fourth-order valence-corrected chi connectivity index (χ4v) is 2.04. The third-order valence-electron chi connectivity index (χ3n) is 3.29. The zero-order chi connectivity index (χ0) is 15.6. The first-order valence-corrected chi connectivity index (χ1v) is 6.17. The molecule has 0 aliphatic heterocycles. The lowest BCUT2D eigenvalue weighted by molar-refractivity contribution is -0.394. The quantitative estimate of drug-likeness (QED) is 0.680. The Bertz CT molecular complexity index is 714. The minimum absolute atomic E-state index is 0.252. The maximum atomic E-state index is 11.2. The Morgan fingerprint density at radius 1 is 0.905 bits per heavy atom. The molecule has 0 aromatic heterocycles. The van der Waals surface area contributed by atoms with E-state index in [9.17, 15) is 20.2 Å². The fourth-order valence-electron chi connectivity index (χ4n) is 2.04. The van der Waals surface area contributed by atoms with E-state index < -0.39 is 9.85 Å². The smallest absolute Gasteiger partial charge is 0.299 e. The normalized spacial score (nSPS) is 10.2. The molecule has 0 saturated heterocycles. The second-order valence-electron chi connectivity index (χ2n) is 4.55. The summed E-state index contributed by atoms with van der Waals surface area (Å²) in [5, 5.41) is 25.1. The van der Waals surface area contributed by atoms with Crippen LogP contribution in [0.1, 0.15) is 11.1 Å². The predicted molar refractivity (Wildman–Crippen MR) is 78.9 cm³/mol. The molecule has 0 fully saturated rings. The lowest BCUT2D eigenvalue weighted by atomic mass is 10.0. The number of nitrogens with zero attached hydrogens (tertiary/aromatic N) is 2. The van der Waals surface area contributed by atoms with E-state index in [1.807, 2.05) is 6.07 Å². The van der Waals surface area contributed by atoms with Gasteiger partial charge < -0.3 is 5.32 Å². The van der Waals surface area contributed by atoms with E-state index in [0.717, 1.165) is 6.07 Å². The molecule has 2 aromatic carbocycles. The van der Waals surface area contributed by atoms with Crippen molar-refractivity contribution in [3.8, 4) is 0 Å². The molecule has 0 unspecified atom stereocenters. The van der Waals surface area contributed by atoms with Gasteiger partial charge in [0.25, 0.3) is 11.4 Å². The second-order valence-corrected chi connectivity index (χ2v) is 4.55. The number of anilines is 2. The third-order valence-corrected chi connectivity index (χ3v) is 3.29. The van der Waals surface area contributed by atoms with Gasteiger partial charge in [-0.3, -0.25) is 20.2 Å². The summed E-state index contributed by atoms with van der Waals surface area (Å²) in [4.78, 5) is 20.9. The van der Waals surface area contributed by atoms with E-state index in [2.05, 4.69) is 5.32 Å². The van der Waals surface area contributed by atoms with Gasteiger partial charge in [-0.05, 0) is 31.5 Å². The molecule has 108 valence electrons. The van der Waals surface area contributed by atoms with Gasteiger partial charge in [-0.1, -0.05) is 18.2 Å². The summed E-state index contributed by atoms with van der Waals surface area (Å²) >= 11 is 0. The molecule has 0 atom stereocenters. The molecule has 0 amide bonds. The predicted octanol–water partition coefficient (Wildman–Crippen LogP) is 3.86. The van der Waals surface area contributed by atoms with Crippen LogP contribution in [0.25, 0.3) is 0 Å². The SMILES string of the molecule is Cc1c([N+](=O)[O-])cc([N+](=O)[O-])c(Nc2ccccc2)c1C. The molecule has 7 nitrogen and oxygen atoms in total. The van der Waals surface area contributed by atoms with E-state index in [1.54, 1.807) is 38.1 Å². The topological polar surface area (TPSA) is 98.3 Å². The largest absolute Gasteiger partial charge is 0.350 e. The van der Waals surface area contributed by atoms with Crippen molar-refractivity contribution < 1.29 is 9.85 Å². The fraction of sp³-hybridized carbons (Fsp3) is 0.143. The molecule has 0 aliphatic carbocycles. The number of nitro groups is 2. The average molecular weight is 287 g/mol. The molecule has 0 aliphatic rings. The van der Waals surface area contributed by atoms with E-state index in [-0.39, 0.29) is 17.1 Å². The number of nitro benzene ring substituents is 2. The molecule has 7 heteroatoms. The van der Waals surface area contributed by atoms with Crippen molar-refractivity contribution in [1.82, 2.24) is 0 Å². The van der Waals surface area contributed by atoms with Crippen molar-refractivity contribution in [1.29, 1.82) is 0 Å². The number of rotatable bonds is 4. The maximum absolute atomic E-state index is 11.2. The van der Waals surface area contributed by atoms with Gasteiger partial charge in [0.1, 0.15) is 5.69 Å². The van der Waals surface area contributed by atoms with Gasteiger partial charge in [-0.2, -0.15) is 0 Å². The lowest BCUT2D eigenvalue weighted by Crippen LogP contribution is -2.04. The Morgan fingerprint density at radius 3 is 2.00 bits per heavy atom. The average Bonchev–Trinajstić information content (AvgIpc) is 2.44. The summed E-state index contributed by atoms with van der Waals surface area (Å²) in [7, 11) is 0. The molecular formula is C14H13N3O4. The molecule has 1 N–H and O–H groups in total. The number of hydrogen-bond donors (Lipinski definition) is 1. The molecule has 21 heavy (non-hydrogen) atoms. The zero-order valence-corrected chi connectivity index (χ0v) is 11.5. The van der Waals surface area contributed by atoms with Crippen LogP contribution < -0.4 is 5.32 Å². The van der Waals surface area contributed by atoms with Crippen LogP contribution in [0.15, 0.2) is 36.4 Å². The van der Waals surface area contributed by atoms with Crippen molar-refractivity contribution in [3.05, 3.63) is 67.8 Å². The van der Waals surface area contributed by atoms with Gasteiger partial charge in [-0.25, -0.2) is 0 Å². The summed E-state index contributed by atoms with van der Waals surface area (Å²) in [6.45, 7) is 3.20. The highest BCUT2D eigenvalue weighted by Gasteiger charge is 2.26. The molecule has 0 radical (unpaired) electrons. The van der Waals surface area contributed by atoms with Crippen molar-refractivity contribution in [2.24, 2.45) is 0 Å². The zero-order valence-electron chi connectivity index (χ0n) is 11.5. The molecule has 0 spiro atoms. The van der Waals surface area contributed by atoms with Crippen LogP contribution in [0.4, 0.5) is 22.7 Å². The standard InChI is InChI=1S/C14H13N3O4/c1-9-10(2)14(15-11-6-4-3-5-7-11)13(17(20)21)8-12(9)16(18)19/h3-8,15H,1-2H3. The van der Waals surface area contributed by atoms with Crippen molar-refractivity contribution >= 4 is 22.7 Å².